The smallest absolute Gasteiger partial charge is 0.258 e. The van der Waals surface area contributed by atoms with Crippen LogP contribution in [0.3, 0.4) is 0 Å². The maximum absolute atomic E-state index is 12.3. The van der Waals surface area contributed by atoms with E-state index in [1.54, 1.807) is 18.2 Å². The van der Waals surface area contributed by atoms with Crippen LogP contribution in [-0.4, -0.2) is 5.91 Å². The van der Waals surface area contributed by atoms with Crippen molar-refractivity contribution in [1.82, 2.24) is 0 Å². The summed E-state index contributed by atoms with van der Waals surface area (Å²) in [6, 6.07) is 7.34. The number of nitrogen functional groups attached to an aromatic ring is 1. The molecule has 0 fully saturated rings. The van der Waals surface area contributed by atoms with Crippen molar-refractivity contribution in [1.29, 1.82) is 5.26 Å². The number of nitrogens with two attached hydrogens (primary N) is 1. The van der Waals surface area contributed by atoms with E-state index in [1.807, 2.05) is 0 Å². The van der Waals surface area contributed by atoms with Crippen LogP contribution in [0.15, 0.2) is 22.7 Å². The van der Waals surface area contributed by atoms with E-state index in [4.69, 9.17) is 5.73 Å². The van der Waals surface area contributed by atoms with Crippen LogP contribution in [0.4, 0.5) is 10.7 Å². The lowest BCUT2D eigenvalue weighted by Crippen LogP contribution is -2.14. The Kier molecular flexibility index (Phi) is 3.70. The molecule has 3 N–H and O–H groups in total. The molecule has 0 spiro atoms. The SMILES string of the molecule is N#Cc1c(NC(=O)c2ccc(Br)cc2N)sc2c1CCC2. The highest BCUT2D eigenvalue weighted by Crippen LogP contribution is 2.38. The number of carbonyl (C=O) groups is 1. The summed E-state index contributed by atoms with van der Waals surface area (Å²) in [7, 11) is 0. The second-order valence-electron chi connectivity index (χ2n) is 4.86. The van der Waals surface area contributed by atoms with Crippen LogP contribution in [0.2, 0.25) is 0 Å². The first-order valence-corrected chi connectivity index (χ1v) is 8.12. The molecule has 0 saturated heterocycles. The number of thiophene rings is 1. The predicted molar refractivity (Wildman–Crippen MR) is 87.6 cm³/mol. The van der Waals surface area contributed by atoms with Gasteiger partial charge in [-0.25, -0.2) is 0 Å². The molecule has 0 saturated carbocycles. The zero-order chi connectivity index (χ0) is 15.0. The fraction of sp³-hybridized carbons (Fsp3) is 0.200. The maximum Gasteiger partial charge on any atom is 0.258 e. The van der Waals surface area contributed by atoms with Gasteiger partial charge >= 0.3 is 0 Å². The second-order valence-corrected chi connectivity index (χ2v) is 6.88. The molecule has 0 unspecified atom stereocenters. The summed E-state index contributed by atoms with van der Waals surface area (Å²) < 4.78 is 0.823. The fourth-order valence-electron chi connectivity index (χ4n) is 2.52. The maximum atomic E-state index is 12.3. The summed E-state index contributed by atoms with van der Waals surface area (Å²) in [5.41, 5.74) is 8.39. The van der Waals surface area contributed by atoms with E-state index in [1.165, 1.54) is 16.2 Å². The van der Waals surface area contributed by atoms with E-state index in [0.717, 1.165) is 29.3 Å². The van der Waals surface area contributed by atoms with Gasteiger partial charge in [-0.05, 0) is 43.0 Å². The van der Waals surface area contributed by atoms with Gasteiger partial charge in [-0.1, -0.05) is 15.9 Å². The van der Waals surface area contributed by atoms with Gasteiger partial charge in [-0.2, -0.15) is 5.26 Å². The summed E-state index contributed by atoms with van der Waals surface area (Å²) in [6.45, 7) is 0. The predicted octanol–water partition coefficient (Wildman–Crippen LogP) is 3.71. The van der Waals surface area contributed by atoms with Crippen LogP contribution >= 0.6 is 27.3 Å². The average Bonchev–Trinajstić information content (AvgIpc) is 2.98. The number of aryl methyl sites for hydroxylation is 1. The Hall–Kier alpha value is -1.84. The highest BCUT2D eigenvalue weighted by molar-refractivity contribution is 9.10. The van der Waals surface area contributed by atoms with Gasteiger partial charge in [-0.15, -0.1) is 11.3 Å². The first-order chi connectivity index (χ1) is 10.1. The van der Waals surface area contributed by atoms with E-state index in [9.17, 15) is 10.1 Å². The number of amides is 1. The van der Waals surface area contributed by atoms with Crippen LogP contribution in [-0.2, 0) is 12.8 Å². The molecule has 4 nitrogen and oxygen atoms in total. The minimum atomic E-state index is -0.281. The molecule has 0 bridgehead atoms. The Morgan fingerprint density at radius 2 is 2.24 bits per heavy atom. The highest BCUT2D eigenvalue weighted by atomic mass is 79.9. The number of anilines is 2. The lowest BCUT2D eigenvalue weighted by Gasteiger charge is -2.07. The lowest BCUT2D eigenvalue weighted by atomic mass is 10.1. The van der Waals surface area contributed by atoms with Crippen LogP contribution in [0.5, 0.6) is 0 Å². The lowest BCUT2D eigenvalue weighted by molar-refractivity contribution is 0.102. The Labute approximate surface area is 134 Å². The van der Waals surface area contributed by atoms with Crippen LogP contribution < -0.4 is 11.1 Å². The van der Waals surface area contributed by atoms with Gasteiger partial charge < -0.3 is 11.1 Å². The molecule has 1 amide bonds. The number of rotatable bonds is 2. The van der Waals surface area contributed by atoms with Crippen molar-refractivity contribution in [3.05, 3.63) is 44.2 Å². The molecule has 1 aliphatic carbocycles. The van der Waals surface area contributed by atoms with E-state index in [-0.39, 0.29) is 5.91 Å². The van der Waals surface area contributed by atoms with E-state index >= 15 is 0 Å². The molecule has 3 rings (SSSR count). The van der Waals surface area contributed by atoms with Gasteiger partial charge in [0.15, 0.2) is 0 Å². The third-order valence-corrected chi connectivity index (χ3v) is 5.22. The van der Waals surface area contributed by atoms with Crippen LogP contribution in [0, 0.1) is 11.3 Å². The zero-order valence-corrected chi connectivity index (χ0v) is 13.5. The van der Waals surface area contributed by atoms with Gasteiger partial charge in [0.2, 0.25) is 0 Å². The first-order valence-electron chi connectivity index (χ1n) is 6.51. The van der Waals surface area contributed by atoms with E-state index in [2.05, 4.69) is 27.3 Å². The fourth-order valence-corrected chi connectivity index (χ4v) is 4.13. The van der Waals surface area contributed by atoms with Crippen molar-refractivity contribution >= 4 is 43.9 Å². The Morgan fingerprint density at radius 1 is 1.43 bits per heavy atom. The Balaban J connectivity index is 1.91. The molecule has 0 radical (unpaired) electrons. The highest BCUT2D eigenvalue weighted by Gasteiger charge is 2.23. The molecule has 1 aromatic carbocycles. The monoisotopic (exact) mass is 361 g/mol. The minimum Gasteiger partial charge on any atom is -0.398 e. The van der Waals surface area contributed by atoms with E-state index in [0.29, 0.717) is 21.8 Å². The normalized spacial score (nSPS) is 12.8. The number of nitrogens with one attached hydrogen (secondary N) is 1. The standard InChI is InChI=1S/C15H12BrN3OS/c16-8-4-5-10(12(18)6-8)14(20)19-15-11(7-17)9-2-1-3-13(9)21-15/h4-6H,1-3,18H2,(H,19,20). The number of hydrogen-bond acceptors (Lipinski definition) is 4. The van der Waals surface area contributed by atoms with Gasteiger partial charge in [-0.3, -0.25) is 4.79 Å². The summed E-state index contributed by atoms with van der Waals surface area (Å²) in [5, 5.41) is 12.8. The number of halogens is 1. The summed E-state index contributed by atoms with van der Waals surface area (Å²) >= 11 is 4.81. The molecule has 2 aromatic rings. The molecule has 21 heavy (non-hydrogen) atoms. The number of hydrogen-bond donors (Lipinski definition) is 2. The Bertz CT molecular complexity index is 776. The number of nitriles is 1. The molecule has 1 heterocycles. The van der Waals surface area contributed by atoms with Crippen molar-refractivity contribution in [3.8, 4) is 6.07 Å². The third kappa shape index (κ3) is 2.55. The third-order valence-electron chi connectivity index (χ3n) is 3.52. The molecule has 1 aliphatic rings. The number of benzene rings is 1. The molecule has 0 aliphatic heterocycles. The molecule has 1 aromatic heterocycles. The van der Waals surface area contributed by atoms with Crippen LogP contribution in [0.25, 0.3) is 0 Å². The van der Waals surface area contributed by atoms with Crippen molar-refractivity contribution in [3.63, 3.8) is 0 Å². The van der Waals surface area contributed by atoms with Gasteiger partial charge in [0.1, 0.15) is 11.1 Å². The second kappa shape index (κ2) is 5.51. The van der Waals surface area contributed by atoms with Gasteiger partial charge in [0, 0.05) is 15.0 Å². The topological polar surface area (TPSA) is 78.9 Å². The summed E-state index contributed by atoms with van der Waals surface area (Å²) in [4.78, 5) is 13.5. The number of fused-ring (bicyclic) bond motifs is 1. The first kappa shape index (κ1) is 14.1. The van der Waals surface area contributed by atoms with Gasteiger partial charge in [0.05, 0.1) is 11.1 Å². The van der Waals surface area contributed by atoms with Gasteiger partial charge in [0.25, 0.3) is 5.91 Å². The number of nitrogens with zero attached hydrogens (tertiary/aromatic N) is 1. The minimum absolute atomic E-state index is 0.281. The van der Waals surface area contributed by atoms with Crippen molar-refractivity contribution in [2.24, 2.45) is 0 Å². The molecular formula is C15H12BrN3OS. The van der Waals surface area contributed by atoms with Crippen molar-refractivity contribution in [2.45, 2.75) is 19.3 Å². The number of carbonyl (C=O) groups excluding carboxylic acids is 1. The quantitative estimate of drug-likeness (QED) is 0.800. The van der Waals surface area contributed by atoms with Crippen molar-refractivity contribution in [2.75, 3.05) is 11.1 Å². The summed E-state index contributed by atoms with van der Waals surface area (Å²) in [6.07, 6.45) is 3.00. The molecule has 106 valence electrons. The van der Waals surface area contributed by atoms with Crippen molar-refractivity contribution < 1.29 is 4.79 Å². The Morgan fingerprint density at radius 3 is 2.95 bits per heavy atom. The molecule has 6 heteroatoms. The van der Waals surface area contributed by atoms with E-state index < -0.39 is 0 Å². The zero-order valence-electron chi connectivity index (χ0n) is 11.1. The molecular weight excluding hydrogens is 350 g/mol. The summed E-state index contributed by atoms with van der Waals surface area (Å²) in [5.74, 6) is -0.281. The molecule has 0 atom stereocenters. The largest absolute Gasteiger partial charge is 0.398 e. The van der Waals surface area contributed by atoms with Crippen LogP contribution in [0.1, 0.15) is 32.8 Å². The average molecular weight is 362 g/mol.